The van der Waals surface area contributed by atoms with Gasteiger partial charge in [0.25, 0.3) is 0 Å². The lowest BCUT2D eigenvalue weighted by Crippen LogP contribution is -2.20. The minimum atomic E-state index is -1.00. The number of nitrogens with one attached hydrogen (secondary N) is 1. The van der Waals surface area contributed by atoms with Gasteiger partial charge < -0.3 is 15.5 Å². The Morgan fingerprint density at radius 3 is 2.33 bits per heavy atom. The molecule has 5 heteroatoms. The fourth-order valence-corrected chi connectivity index (χ4v) is 2.85. The highest BCUT2D eigenvalue weighted by Crippen LogP contribution is 2.09. The van der Waals surface area contributed by atoms with Crippen molar-refractivity contribution in [1.82, 2.24) is 0 Å². The maximum Gasteiger partial charge on any atom is 0.224 e. The number of anilines is 1. The summed E-state index contributed by atoms with van der Waals surface area (Å²) in [5.74, 6) is -0.364. The van der Waals surface area contributed by atoms with Gasteiger partial charge in [0.2, 0.25) is 5.91 Å². The molecule has 0 unspecified atom stereocenters. The van der Waals surface area contributed by atoms with Gasteiger partial charge in [0.1, 0.15) is 6.10 Å². The third-order valence-electron chi connectivity index (χ3n) is 4.67. The number of benzene rings is 1. The van der Waals surface area contributed by atoms with Crippen LogP contribution in [0.1, 0.15) is 51.9 Å². The van der Waals surface area contributed by atoms with Crippen molar-refractivity contribution in [3.8, 4) is 0 Å². The average Bonchev–Trinajstić information content (AvgIpc) is 2.80. The van der Waals surface area contributed by atoms with Crippen LogP contribution >= 0.6 is 0 Å². The molecule has 0 heterocycles. The molecule has 0 aliphatic heterocycles. The second-order valence-corrected chi connectivity index (χ2v) is 7.59. The van der Waals surface area contributed by atoms with Gasteiger partial charge in [-0.15, -0.1) is 0 Å². The number of allylic oxidation sites excluding steroid dienone is 8. The van der Waals surface area contributed by atoms with E-state index in [4.69, 9.17) is 0 Å². The fourth-order valence-electron chi connectivity index (χ4n) is 2.85. The third-order valence-corrected chi connectivity index (χ3v) is 4.67. The van der Waals surface area contributed by atoms with Crippen LogP contribution in [0, 0.1) is 0 Å². The van der Waals surface area contributed by atoms with Crippen molar-refractivity contribution in [2.24, 2.45) is 0 Å². The van der Waals surface area contributed by atoms with Gasteiger partial charge in [-0.3, -0.25) is 9.59 Å². The number of carbonyl (C=O) groups is 2. The van der Waals surface area contributed by atoms with Crippen LogP contribution < -0.4 is 5.32 Å². The van der Waals surface area contributed by atoms with E-state index in [1.54, 1.807) is 6.08 Å². The van der Waals surface area contributed by atoms with Gasteiger partial charge in [-0.1, -0.05) is 85.9 Å². The molecule has 0 aromatic heterocycles. The van der Waals surface area contributed by atoms with E-state index in [-0.39, 0.29) is 24.5 Å². The minimum absolute atomic E-state index is 0.136. The SMILES string of the molecule is CC/C=C\C[C@H](O)/C=C/C=C\C=C\C=C\CC[C@@H](O)C(=O)CCCC(=O)Nc1ccccc1. The molecule has 0 fully saturated rings. The normalized spacial score (nSPS) is 14.2. The van der Waals surface area contributed by atoms with Gasteiger partial charge in [-0.2, -0.15) is 0 Å². The number of ketones is 1. The Bertz CT molecular complexity index is 822. The molecule has 2 atom stereocenters. The molecule has 3 N–H and O–H groups in total. The molecule has 1 amide bonds. The highest BCUT2D eigenvalue weighted by atomic mass is 16.3. The van der Waals surface area contributed by atoms with E-state index >= 15 is 0 Å². The standard InChI is InChI=1S/C28H37NO4/c1-2-3-11-19-25(30)20-14-8-6-4-5-7-9-15-21-26(31)27(32)22-16-23-28(33)29-24-17-12-10-13-18-24/h3-14,17-18,20,25-26,30-31H,2,15-16,19,21-23H2,1H3,(H,29,33)/b5-4+,8-6-,9-7+,11-3-,20-14+/t25-,26+/m0/s1. The Balaban J connectivity index is 2.14. The van der Waals surface area contributed by atoms with Crippen LogP contribution in [-0.2, 0) is 9.59 Å². The third kappa shape index (κ3) is 15.4. The van der Waals surface area contributed by atoms with Gasteiger partial charge in [-0.05, 0) is 44.2 Å². The summed E-state index contributed by atoms with van der Waals surface area (Å²) >= 11 is 0. The lowest BCUT2D eigenvalue weighted by molar-refractivity contribution is -0.127. The second kappa shape index (κ2) is 18.5. The van der Waals surface area contributed by atoms with E-state index in [1.165, 1.54) is 0 Å². The molecule has 0 saturated heterocycles. The lowest BCUT2D eigenvalue weighted by atomic mass is 10.0. The van der Waals surface area contributed by atoms with Crippen molar-refractivity contribution in [3.05, 3.63) is 91.1 Å². The maximum atomic E-state index is 12.0. The summed E-state index contributed by atoms with van der Waals surface area (Å²) in [6.45, 7) is 2.06. The van der Waals surface area contributed by atoms with E-state index in [0.29, 0.717) is 25.7 Å². The number of aliphatic hydroxyl groups is 2. The van der Waals surface area contributed by atoms with Crippen LogP contribution in [0.3, 0.4) is 0 Å². The summed E-state index contributed by atoms with van der Waals surface area (Å²) in [5.41, 5.74) is 0.732. The highest BCUT2D eigenvalue weighted by molar-refractivity contribution is 5.91. The Morgan fingerprint density at radius 2 is 1.61 bits per heavy atom. The predicted octanol–water partition coefficient (Wildman–Crippen LogP) is 5.45. The number of hydrogen-bond acceptors (Lipinski definition) is 4. The molecule has 1 aromatic carbocycles. The van der Waals surface area contributed by atoms with Crippen molar-refractivity contribution in [3.63, 3.8) is 0 Å². The van der Waals surface area contributed by atoms with E-state index in [0.717, 1.165) is 12.1 Å². The predicted molar refractivity (Wildman–Crippen MR) is 136 cm³/mol. The average molecular weight is 452 g/mol. The van der Waals surface area contributed by atoms with Crippen molar-refractivity contribution in [2.75, 3.05) is 5.32 Å². The van der Waals surface area contributed by atoms with E-state index in [2.05, 4.69) is 12.2 Å². The molecule has 178 valence electrons. The van der Waals surface area contributed by atoms with E-state index in [1.807, 2.05) is 85.0 Å². The Kier molecular flexibility index (Phi) is 15.7. The van der Waals surface area contributed by atoms with Gasteiger partial charge in [0, 0.05) is 18.5 Å². The molecule has 0 bridgehead atoms. The number of amides is 1. The summed E-state index contributed by atoms with van der Waals surface area (Å²) in [7, 11) is 0. The zero-order chi connectivity index (χ0) is 24.2. The molecular weight excluding hydrogens is 414 g/mol. The Labute approximate surface area is 197 Å². The topological polar surface area (TPSA) is 86.6 Å². The molecule has 1 aromatic rings. The Morgan fingerprint density at radius 1 is 0.909 bits per heavy atom. The van der Waals surface area contributed by atoms with Crippen molar-refractivity contribution in [2.45, 2.75) is 64.1 Å². The van der Waals surface area contributed by atoms with Crippen LogP contribution in [0.5, 0.6) is 0 Å². The van der Waals surface area contributed by atoms with Crippen molar-refractivity contribution < 1.29 is 19.8 Å². The molecule has 33 heavy (non-hydrogen) atoms. The largest absolute Gasteiger partial charge is 0.389 e. The smallest absolute Gasteiger partial charge is 0.224 e. The number of Topliss-reactive ketones (excluding diaryl/α,β-unsaturated/α-hetero) is 1. The fraction of sp³-hybridized carbons (Fsp3) is 0.357. The molecule has 5 nitrogen and oxygen atoms in total. The summed E-state index contributed by atoms with van der Waals surface area (Å²) in [6.07, 6.45) is 20.7. The lowest BCUT2D eigenvalue weighted by Gasteiger charge is -2.08. The molecule has 0 aliphatic rings. The second-order valence-electron chi connectivity index (χ2n) is 7.59. The molecule has 0 spiro atoms. The monoisotopic (exact) mass is 451 g/mol. The number of rotatable bonds is 16. The summed E-state index contributed by atoms with van der Waals surface area (Å²) in [5, 5.41) is 22.5. The van der Waals surface area contributed by atoms with Crippen molar-refractivity contribution >= 4 is 17.4 Å². The first-order chi connectivity index (χ1) is 16.0. The van der Waals surface area contributed by atoms with Gasteiger partial charge in [-0.25, -0.2) is 0 Å². The number of aliphatic hydroxyl groups excluding tert-OH is 2. The molecule has 0 saturated carbocycles. The zero-order valence-corrected chi connectivity index (χ0v) is 19.5. The van der Waals surface area contributed by atoms with Crippen LogP contribution in [0.25, 0.3) is 0 Å². The first-order valence-corrected chi connectivity index (χ1v) is 11.6. The van der Waals surface area contributed by atoms with Gasteiger partial charge in [0.15, 0.2) is 5.78 Å². The van der Waals surface area contributed by atoms with Crippen LogP contribution in [0.15, 0.2) is 91.1 Å². The zero-order valence-electron chi connectivity index (χ0n) is 19.5. The molecule has 0 aliphatic carbocycles. The van der Waals surface area contributed by atoms with Gasteiger partial charge in [0.05, 0.1) is 6.10 Å². The van der Waals surface area contributed by atoms with Crippen molar-refractivity contribution in [1.29, 1.82) is 0 Å². The highest BCUT2D eigenvalue weighted by Gasteiger charge is 2.14. The van der Waals surface area contributed by atoms with Crippen LogP contribution in [0.4, 0.5) is 5.69 Å². The Hall–Kier alpha value is -3.02. The van der Waals surface area contributed by atoms with Crippen LogP contribution in [-0.4, -0.2) is 34.1 Å². The van der Waals surface area contributed by atoms with E-state index < -0.39 is 12.2 Å². The quantitative estimate of drug-likeness (QED) is 0.230. The summed E-state index contributed by atoms with van der Waals surface area (Å²) in [4.78, 5) is 23.9. The van der Waals surface area contributed by atoms with E-state index in [9.17, 15) is 19.8 Å². The molecular formula is C28H37NO4. The number of para-hydroxylation sites is 1. The first kappa shape index (κ1) is 28.0. The number of carbonyl (C=O) groups excluding carboxylic acids is 2. The van der Waals surface area contributed by atoms with Crippen LogP contribution in [0.2, 0.25) is 0 Å². The minimum Gasteiger partial charge on any atom is -0.389 e. The summed E-state index contributed by atoms with van der Waals surface area (Å²) < 4.78 is 0. The number of hydrogen-bond donors (Lipinski definition) is 3. The molecule has 1 rings (SSSR count). The summed E-state index contributed by atoms with van der Waals surface area (Å²) in [6, 6.07) is 9.18. The first-order valence-electron chi connectivity index (χ1n) is 11.6. The molecule has 0 radical (unpaired) electrons. The maximum absolute atomic E-state index is 12.0. The van der Waals surface area contributed by atoms with Gasteiger partial charge >= 0.3 is 0 Å².